The highest BCUT2D eigenvalue weighted by Crippen LogP contribution is 2.20. The second kappa shape index (κ2) is 9.11. The summed E-state index contributed by atoms with van der Waals surface area (Å²) in [4.78, 5) is 24.1. The number of carbonyl (C=O) groups is 2. The topological polar surface area (TPSA) is 58.2 Å². The minimum atomic E-state index is -0.211. The Morgan fingerprint density at radius 2 is 1.75 bits per heavy atom. The molecule has 0 spiro atoms. The van der Waals surface area contributed by atoms with E-state index in [1.807, 2.05) is 59.7 Å². The average molecular weight is 351 g/mol. The van der Waals surface area contributed by atoms with E-state index < -0.39 is 0 Å². The van der Waals surface area contributed by atoms with Crippen molar-refractivity contribution in [3.63, 3.8) is 0 Å². The van der Waals surface area contributed by atoms with Crippen LogP contribution in [-0.2, 0) is 9.59 Å². The zero-order valence-electron chi connectivity index (χ0n) is 15.7. The van der Waals surface area contributed by atoms with Gasteiger partial charge < -0.3 is 10.6 Å². The van der Waals surface area contributed by atoms with Crippen LogP contribution in [0.5, 0.6) is 0 Å². The molecule has 1 rings (SSSR count). The summed E-state index contributed by atoms with van der Waals surface area (Å²) in [7, 11) is 0. The lowest BCUT2D eigenvalue weighted by Gasteiger charge is -2.23. The maximum atomic E-state index is 12.1. The normalized spacial score (nSPS) is 12.6. The smallest absolute Gasteiger partial charge is 0.233 e. The van der Waals surface area contributed by atoms with E-state index in [1.54, 1.807) is 11.8 Å². The average Bonchev–Trinajstić information content (AvgIpc) is 2.45. The van der Waals surface area contributed by atoms with Crippen molar-refractivity contribution in [3.05, 3.63) is 29.3 Å². The molecular weight excluding hydrogens is 320 g/mol. The van der Waals surface area contributed by atoms with Crippen LogP contribution in [0.4, 0.5) is 5.69 Å². The summed E-state index contributed by atoms with van der Waals surface area (Å²) in [6.07, 6.45) is 1.23. The minimum absolute atomic E-state index is 0.0276. The number of thioether (sulfide) groups is 1. The molecule has 134 valence electrons. The van der Waals surface area contributed by atoms with Crippen LogP contribution in [0, 0.1) is 13.8 Å². The largest absolute Gasteiger partial charge is 0.351 e. The van der Waals surface area contributed by atoms with Gasteiger partial charge in [-0.25, -0.2) is 0 Å². The maximum Gasteiger partial charge on any atom is 0.233 e. The maximum absolute atomic E-state index is 12.1. The molecule has 24 heavy (non-hydrogen) atoms. The van der Waals surface area contributed by atoms with Crippen LogP contribution in [0.3, 0.4) is 0 Å². The first-order valence-electron chi connectivity index (χ1n) is 8.40. The van der Waals surface area contributed by atoms with Crippen LogP contribution in [0.25, 0.3) is 0 Å². The molecule has 0 heterocycles. The van der Waals surface area contributed by atoms with Gasteiger partial charge in [0.1, 0.15) is 0 Å². The predicted octanol–water partition coefficient (Wildman–Crippen LogP) is 4.06. The van der Waals surface area contributed by atoms with Crippen molar-refractivity contribution >= 4 is 29.3 Å². The zero-order chi connectivity index (χ0) is 18.3. The summed E-state index contributed by atoms with van der Waals surface area (Å²) in [5, 5.41) is 5.86. The summed E-state index contributed by atoms with van der Waals surface area (Å²) in [5.41, 5.74) is 2.85. The first kappa shape index (κ1) is 20.6. The number of anilines is 1. The van der Waals surface area contributed by atoms with Gasteiger partial charge >= 0.3 is 0 Å². The first-order valence-corrected chi connectivity index (χ1v) is 9.44. The number of nitrogens with one attached hydrogen (secondary N) is 2. The van der Waals surface area contributed by atoms with Gasteiger partial charge in [0.2, 0.25) is 11.8 Å². The highest BCUT2D eigenvalue weighted by Gasteiger charge is 2.19. The molecule has 0 fully saturated rings. The molecule has 1 aromatic carbocycles. The fraction of sp³-hybridized carbons (Fsp3) is 0.579. The fourth-order valence-electron chi connectivity index (χ4n) is 2.25. The third-order valence-corrected chi connectivity index (χ3v) is 4.77. The van der Waals surface area contributed by atoms with E-state index in [9.17, 15) is 9.59 Å². The molecule has 0 saturated carbocycles. The summed E-state index contributed by atoms with van der Waals surface area (Å²) in [5.74, 6) is 0.867. The SMILES string of the molecule is Cc1cccc(C)c1NC(=O)CCCSC(C)C(=O)NC(C)(C)C. The lowest BCUT2D eigenvalue weighted by Crippen LogP contribution is -2.44. The molecule has 4 nitrogen and oxygen atoms in total. The van der Waals surface area contributed by atoms with Crippen LogP contribution in [0.15, 0.2) is 18.2 Å². The lowest BCUT2D eigenvalue weighted by molar-refractivity contribution is -0.121. The number of rotatable bonds is 7. The number of aryl methyl sites for hydroxylation is 2. The van der Waals surface area contributed by atoms with Gasteiger partial charge in [-0.3, -0.25) is 9.59 Å². The van der Waals surface area contributed by atoms with E-state index in [4.69, 9.17) is 0 Å². The van der Waals surface area contributed by atoms with Gasteiger partial charge in [0, 0.05) is 17.6 Å². The van der Waals surface area contributed by atoms with Crippen LogP contribution in [-0.4, -0.2) is 28.4 Å². The van der Waals surface area contributed by atoms with Gasteiger partial charge in [-0.05, 0) is 64.8 Å². The number of amides is 2. The van der Waals surface area contributed by atoms with Gasteiger partial charge in [-0.1, -0.05) is 18.2 Å². The molecule has 0 saturated heterocycles. The minimum Gasteiger partial charge on any atom is -0.351 e. The Morgan fingerprint density at radius 3 is 2.29 bits per heavy atom. The second-order valence-corrected chi connectivity index (χ2v) is 8.62. The van der Waals surface area contributed by atoms with E-state index in [0.717, 1.165) is 29.0 Å². The van der Waals surface area contributed by atoms with Gasteiger partial charge in [0.15, 0.2) is 0 Å². The Hall–Kier alpha value is -1.49. The molecular formula is C19H30N2O2S. The Kier molecular flexibility index (Phi) is 7.80. The third-order valence-electron chi connectivity index (χ3n) is 3.53. The number of hydrogen-bond acceptors (Lipinski definition) is 3. The van der Waals surface area contributed by atoms with Crippen molar-refractivity contribution in [3.8, 4) is 0 Å². The number of hydrogen-bond donors (Lipinski definition) is 2. The predicted molar refractivity (Wildman–Crippen MR) is 104 cm³/mol. The summed E-state index contributed by atoms with van der Waals surface area (Å²) < 4.78 is 0. The molecule has 0 aromatic heterocycles. The van der Waals surface area contributed by atoms with Gasteiger partial charge in [-0.15, -0.1) is 11.8 Å². The van der Waals surface area contributed by atoms with Crippen molar-refractivity contribution in [2.45, 2.75) is 65.2 Å². The molecule has 0 radical (unpaired) electrons. The Balaban J connectivity index is 2.32. The van der Waals surface area contributed by atoms with Crippen LogP contribution in [0.2, 0.25) is 0 Å². The Labute approximate surface area is 150 Å². The van der Waals surface area contributed by atoms with E-state index in [1.165, 1.54) is 0 Å². The molecule has 0 aliphatic heterocycles. The lowest BCUT2D eigenvalue weighted by atomic mass is 10.1. The standard InChI is InChI=1S/C19H30N2O2S/c1-13-9-7-10-14(2)17(13)20-16(22)11-8-12-24-15(3)18(23)21-19(4,5)6/h7,9-10,15H,8,11-12H2,1-6H3,(H,20,22)(H,21,23). The van der Waals surface area contributed by atoms with Crippen molar-refractivity contribution < 1.29 is 9.59 Å². The molecule has 0 aliphatic carbocycles. The molecule has 1 aromatic rings. The Bertz CT molecular complexity index is 559. The fourth-order valence-corrected chi connectivity index (χ4v) is 3.13. The zero-order valence-corrected chi connectivity index (χ0v) is 16.5. The Morgan fingerprint density at radius 1 is 1.17 bits per heavy atom. The molecule has 2 N–H and O–H groups in total. The van der Waals surface area contributed by atoms with E-state index in [0.29, 0.717) is 6.42 Å². The highest BCUT2D eigenvalue weighted by atomic mass is 32.2. The van der Waals surface area contributed by atoms with Gasteiger partial charge in [0.25, 0.3) is 0 Å². The highest BCUT2D eigenvalue weighted by molar-refractivity contribution is 8.00. The van der Waals surface area contributed by atoms with E-state index in [2.05, 4.69) is 10.6 Å². The van der Waals surface area contributed by atoms with Crippen molar-refractivity contribution in [1.29, 1.82) is 0 Å². The summed E-state index contributed by atoms with van der Waals surface area (Å²) >= 11 is 1.59. The molecule has 1 atom stereocenters. The number of benzene rings is 1. The molecule has 1 unspecified atom stereocenters. The van der Waals surface area contributed by atoms with Crippen molar-refractivity contribution in [1.82, 2.24) is 5.32 Å². The van der Waals surface area contributed by atoms with E-state index in [-0.39, 0.29) is 22.6 Å². The van der Waals surface area contributed by atoms with Gasteiger partial charge in [-0.2, -0.15) is 0 Å². The first-order chi connectivity index (χ1) is 11.1. The monoisotopic (exact) mass is 350 g/mol. The summed E-state index contributed by atoms with van der Waals surface area (Å²) in [6.45, 7) is 11.8. The van der Waals surface area contributed by atoms with Gasteiger partial charge in [0.05, 0.1) is 5.25 Å². The van der Waals surface area contributed by atoms with Crippen molar-refractivity contribution in [2.75, 3.05) is 11.1 Å². The quantitative estimate of drug-likeness (QED) is 0.729. The molecule has 2 amide bonds. The molecule has 5 heteroatoms. The molecule has 0 bridgehead atoms. The van der Waals surface area contributed by atoms with Crippen LogP contribution >= 0.6 is 11.8 Å². The number of para-hydroxylation sites is 1. The molecule has 0 aliphatic rings. The van der Waals surface area contributed by atoms with E-state index >= 15 is 0 Å². The number of carbonyl (C=O) groups excluding carboxylic acids is 2. The second-order valence-electron chi connectivity index (χ2n) is 7.17. The third kappa shape index (κ3) is 7.39. The van der Waals surface area contributed by atoms with Crippen molar-refractivity contribution in [2.24, 2.45) is 0 Å². The van der Waals surface area contributed by atoms with Crippen LogP contribution < -0.4 is 10.6 Å². The summed E-state index contributed by atoms with van der Waals surface area (Å²) in [6, 6.07) is 5.98. The van der Waals surface area contributed by atoms with Crippen LogP contribution in [0.1, 0.15) is 51.7 Å².